The van der Waals surface area contributed by atoms with Gasteiger partial charge in [0.2, 0.25) is 16.0 Å². The van der Waals surface area contributed by atoms with Crippen molar-refractivity contribution in [3.8, 4) is 0 Å². The summed E-state index contributed by atoms with van der Waals surface area (Å²) in [4.78, 5) is 23.4. The molecule has 32 heavy (non-hydrogen) atoms. The second kappa shape index (κ2) is 7.89. The van der Waals surface area contributed by atoms with E-state index in [4.69, 9.17) is 0 Å². The number of aliphatic carboxylic acids is 1. The van der Waals surface area contributed by atoms with Crippen molar-refractivity contribution in [3.05, 3.63) is 52.3 Å². The highest BCUT2D eigenvalue weighted by atomic mass is 79.9. The van der Waals surface area contributed by atoms with Crippen LogP contribution in [0.25, 0.3) is 0 Å². The topological polar surface area (TPSA) is 112 Å². The first-order chi connectivity index (χ1) is 14.9. The average Bonchev–Trinajstić information content (AvgIpc) is 2.96. The molecule has 0 radical (unpaired) electrons. The molecule has 1 unspecified atom stereocenters. The van der Waals surface area contributed by atoms with Gasteiger partial charge in [0.25, 0.3) is 0 Å². The second-order valence-corrected chi connectivity index (χ2v) is 18.3. The van der Waals surface area contributed by atoms with Gasteiger partial charge in [-0.25, -0.2) is 23.2 Å². The van der Waals surface area contributed by atoms with Gasteiger partial charge in [0.1, 0.15) is 0 Å². The highest BCUT2D eigenvalue weighted by molar-refractivity contribution is 9.10. The summed E-state index contributed by atoms with van der Waals surface area (Å²) in [6.45, 7) is 6.98. The van der Waals surface area contributed by atoms with Crippen LogP contribution in [0.1, 0.15) is 11.1 Å². The van der Waals surface area contributed by atoms with Crippen molar-refractivity contribution in [3.63, 3.8) is 0 Å². The highest BCUT2D eigenvalue weighted by Gasteiger charge is 2.69. The van der Waals surface area contributed by atoms with E-state index in [2.05, 4.69) is 50.3 Å². The molecule has 1 atom stereocenters. The summed E-state index contributed by atoms with van der Waals surface area (Å²) in [7, 11) is -5.49. The lowest BCUT2D eigenvalue weighted by atomic mass is 9.65. The maximum atomic E-state index is 13.2. The molecule has 2 aliphatic rings. The number of rotatable bonds is 7. The summed E-state index contributed by atoms with van der Waals surface area (Å²) in [5.41, 5.74) is -1.25. The lowest BCUT2D eigenvalue weighted by Crippen LogP contribution is -2.72. The fourth-order valence-electron chi connectivity index (χ4n) is 4.74. The van der Waals surface area contributed by atoms with Gasteiger partial charge in [0, 0.05) is 43.4 Å². The van der Waals surface area contributed by atoms with Crippen LogP contribution in [0.15, 0.2) is 41.1 Å². The summed E-state index contributed by atoms with van der Waals surface area (Å²) in [6, 6.07) is 7.75. The van der Waals surface area contributed by atoms with Crippen LogP contribution in [0.5, 0.6) is 0 Å². The molecule has 1 saturated heterocycles. The minimum atomic E-state index is -3.85. The van der Waals surface area contributed by atoms with Crippen LogP contribution in [0, 0.1) is 5.41 Å². The fraction of sp³-hybridized carbons (Fsp3) is 0.476. The first kappa shape index (κ1) is 23.3. The number of nitrogens with one attached hydrogen (secondary N) is 1. The Morgan fingerprint density at radius 3 is 2.50 bits per heavy atom. The standard InChI is InChI=1S/C21H27BrN4O4SSi/c1-32(2,3)10-9-31(29,30)25-21(18(27)28)17-11-16(22)6-5-15(17)12-20(21)13-26(14-20)19-23-7-4-8-24-19/h4-8,11,25H,9-10,12-14H2,1-3H3,(H,27,28). The van der Waals surface area contributed by atoms with E-state index in [-0.39, 0.29) is 5.75 Å². The Hall–Kier alpha value is -1.82. The van der Waals surface area contributed by atoms with Crippen LogP contribution in [0.4, 0.5) is 5.95 Å². The molecule has 1 aromatic heterocycles. The molecule has 172 valence electrons. The highest BCUT2D eigenvalue weighted by Crippen LogP contribution is 2.56. The SMILES string of the molecule is C[Si](C)(C)CCS(=O)(=O)NC1(C(=O)O)c2cc(Br)ccc2CC12CN(c1ncccn1)C2. The largest absolute Gasteiger partial charge is 0.480 e. The molecule has 4 rings (SSSR count). The molecule has 1 aliphatic heterocycles. The number of carbonyl (C=O) groups is 1. The van der Waals surface area contributed by atoms with E-state index in [0.29, 0.717) is 41.5 Å². The molecule has 11 heteroatoms. The van der Waals surface area contributed by atoms with Crippen LogP contribution in [-0.4, -0.2) is 56.4 Å². The zero-order valence-electron chi connectivity index (χ0n) is 18.3. The van der Waals surface area contributed by atoms with E-state index in [1.165, 1.54) is 0 Å². The van der Waals surface area contributed by atoms with E-state index in [9.17, 15) is 18.3 Å². The van der Waals surface area contributed by atoms with Crippen molar-refractivity contribution >= 4 is 45.9 Å². The monoisotopic (exact) mass is 538 g/mol. The molecule has 1 aliphatic carbocycles. The van der Waals surface area contributed by atoms with Crippen LogP contribution in [-0.2, 0) is 26.8 Å². The number of nitrogens with zero attached hydrogens (tertiary/aromatic N) is 3. The Kier molecular flexibility index (Phi) is 5.76. The first-order valence-corrected chi connectivity index (χ1v) is 16.6. The third kappa shape index (κ3) is 3.99. The molecule has 1 fully saturated rings. The zero-order valence-corrected chi connectivity index (χ0v) is 21.7. The predicted molar refractivity (Wildman–Crippen MR) is 129 cm³/mol. The van der Waals surface area contributed by atoms with Crippen LogP contribution >= 0.6 is 15.9 Å². The van der Waals surface area contributed by atoms with Gasteiger partial charge in [-0.05, 0) is 41.8 Å². The van der Waals surface area contributed by atoms with Gasteiger partial charge in [0.05, 0.1) is 5.75 Å². The Bertz CT molecular complexity index is 1150. The van der Waals surface area contributed by atoms with Gasteiger partial charge in [-0.3, -0.25) is 0 Å². The number of anilines is 1. The number of fused-ring (bicyclic) bond motifs is 1. The third-order valence-electron chi connectivity index (χ3n) is 6.37. The summed E-state index contributed by atoms with van der Waals surface area (Å²) in [5.74, 6) is -0.751. The van der Waals surface area contributed by atoms with Crippen LogP contribution in [0.3, 0.4) is 0 Å². The molecule has 2 heterocycles. The number of carboxylic acids is 1. The molecular formula is C21H27BrN4O4SSi. The number of hydrogen-bond acceptors (Lipinski definition) is 6. The van der Waals surface area contributed by atoms with E-state index < -0.39 is 35.0 Å². The normalized spacial score (nSPS) is 21.9. The predicted octanol–water partition coefficient (Wildman–Crippen LogP) is 2.84. The van der Waals surface area contributed by atoms with Crippen molar-refractivity contribution in [2.75, 3.05) is 23.7 Å². The van der Waals surface area contributed by atoms with Gasteiger partial charge in [0.15, 0.2) is 5.54 Å². The molecular weight excluding hydrogens is 512 g/mol. The number of hydrogen-bond donors (Lipinski definition) is 2. The summed E-state index contributed by atoms with van der Waals surface area (Å²) in [6.07, 6.45) is 3.73. The second-order valence-electron chi connectivity index (χ2n) is 9.95. The average molecular weight is 540 g/mol. The molecule has 0 bridgehead atoms. The minimum absolute atomic E-state index is 0.0807. The van der Waals surface area contributed by atoms with Gasteiger partial charge in [-0.2, -0.15) is 4.72 Å². The molecule has 2 N–H and O–H groups in total. The Morgan fingerprint density at radius 1 is 1.25 bits per heavy atom. The van der Waals surface area contributed by atoms with Gasteiger partial charge < -0.3 is 10.0 Å². The van der Waals surface area contributed by atoms with Gasteiger partial charge in [-0.15, -0.1) is 0 Å². The van der Waals surface area contributed by atoms with E-state index in [0.717, 1.165) is 5.56 Å². The third-order valence-corrected chi connectivity index (χ3v) is 10.3. The summed E-state index contributed by atoms with van der Waals surface area (Å²) < 4.78 is 29.8. The molecule has 8 nitrogen and oxygen atoms in total. The Balaban J connectivity index is 1.76. The van der Waals surface area contributed by atoms with E-state index in [1.807, 2.05) is 17.0 Å². The van der Waals surface area contributed by atoms with Crippen molar-refractivity contribution in [1.82, 2.24) is 14.7 Å². The number of sulfonamides is 1. The van der Waals surface area contributed by atoms with Gasteiger partial charge >= 0.3 is 5.97 Å². The molecule has 1 spiro atoms. The maximum Gasteiger partial charge on any atom is 0.330 e. The van der Waals surface area contributed by atoms with E-state index in [1.54, 1.807) is 24.5 Å². The Labute approximate surface area is 197 Å². The summed E-state index contributed by atoms with van der Waals surface area (Å²) in [5, 5.41) is 10.6. The number of carboxylic acid groups (broad SMARTS) is 1. The zero-order chi connectivity index (χ0) is 23.4. The molecule has 0 saturated carbocycles. The van der Waals surface area contributed by atoms with Crippen LogP contribution < -0.4 is 9.62 Å². The quantitative estimate of drug-likeness (QED) is 0.521. The van der Waals surface area contributed by atoms with Crippen molar-refractivity contribution < 1.29 is 18.3 Å². The fourth-order valence-corrected chi connectivity index (χ4v) is 9.61. The summed E-state index contributed by atoms with van der Waals surface area (Å²) >= 11 is 3.43. The lowest BCUT2D eigenvalue weighted by Gasteiger charge is -2.55. The molecule has 1 aromatic carbocycles. The van der Waals surface area contributed by atoms with Gasteiger partial charge in [-0.1, -0.05) is 41.6 Å². The minimum Gasteiger partial charge on any atom is -0.480 e. The lowest BCUT2D eigenvalue weighted by molar-refractivity contribution is -0.151. The van der Waals surface area contributed by atoms with E-state index >= 15 is 0 Å². The van der Waals surface area contributed by atoms with Crippen molar-refractivity contribution in [2.45, 2.75) is 37.6 Å². The number of aromatic nitrogens is 2. The number of benzene rings is 1. The maximum absolute atomic E-state index is 13.2. The molecule has 0 amide bonds. The molecule has 2 aromatic rings. The van der Waals surface area contributed by atoms with Crippen molar-refractivity contribution in [2.24, 2.45) is 5.41 Å². The van der Waals surface area contributed by atoms with Crippen molar-refractivity contribution in [1.29, 1.82) is 0 Å². The number of halogens is 1. The Morgan fingerprint density at radius 2 is 1.91 bits per heavy atom. The smallest absolute Gasteiger partial charge is 0.330 e. The first-order valence-electron chi connectivity index (χ1n) is 10.4. The van der Waals surface area contributed by atoms with Crippen LogP contribution in [0.2, 0.25) is 25.7 Å².